The molecule has 1 aromatic heterocycles. The fraction of sp³-hybridized carbons (Fsp3) is 0.312. The summed E-state index contributed by atoms with van der Waals surface area (Å²) < 4.78 is 2.39. The Morgan fingerprint density at radius 3 is 2.75 bits per heavy atom. The van der Waals surface area contributed by atoms with Gasteiger partial charge in [0.1, 0.15) is 0 Å². The molecule has 2 aromatic rings. The monoisotopic (exact) mass is 444 g/mol. The molecule has 0 amide bonds. The lowest BCUT2D eigenvalue weighted by Gasteiger charge is -2.26. The maximum Gasteiger partial charge on any atom is 0.0450 e. The third-order valence-corrected chi connectivity index (χ3v) is 4.85. The third-order valence-electron chi connectivity index (χ3n) is 3.37. The smallest absolute Gasteiger partial charge is 0.0450 e. The van der Waals surface area contributed by atoms with Gasteiger partial charge in [0.2, 0.25) is 0 Å². The molecule has 1 aromatic carbocycles. The van der Waals surface area contributed by atoms with Gasteiger partial charge in [0.25, 0.3) is 0 Å². The van der Waals surface area contributed by atoms with E-state index < -0.39 is 0 Å². The second kappa shape index (κ2) is 7.52. The Hall–Kier alpha value is -0.460. The zero-order chi connectivity index (χ0) is 14.5. The van der Waals surface area contributed by atoms with Crippen LogP contribution in [-0.2, 0) is 0 Å². The largest absolute Gasteiger partial charge is 0.310 e. The molecule has 0 fully saturated rings. The van der Waals surface area contributed by atoms with E-state index in [4.69, 9.17) is 0 Å². The summed E-state index contributed by atoms with van der Waals surface area (Å²) in [6.07, 6.45) is 1.86. The average molecular weight is 445 g/mol. The lowest BCUT2D eigenvalue weighted by Crippen LogP contribution is -2.27. The highest BCUT2D eigenvalue weighted by molar-refractivity contribution is 14.1. The van der Waals surface area contributed by atoms with Crippen molar-refractivity contribution in [1.82, 2.24) is 10.3 Å². The second-order valence-corrected chi connectivity index (χ2v) is 6.82. The van der Waals surface area contributed by atoms with Crippen LogP contribution in [0.2, 0.25) is 0 Å². The van der Waals surface area contributed by atoms with E-state index in [9.17, 15) is 0 Å². The Bertz CT molecular complexity index is 560. The molecular formula is C16H18BrIN2. The molecule has 0 radical (unpaired) electrons. The molecule has 0 aliphatic heterocycles. The van der Waals surface area contributed by atoms with Crippen LogP contribution in [0.4, 0.5) is 0 Å². The minimum Gasteiger partial charge on any atom is -0.310 e. The van der Waals surface area contributed by atoms with Crippen LogP contribution in [0.15, 0.2) is 47.1 Å². The molecule has 4 heteroatoms. The number of pyridine rings is 1. The fourth-order valence-electron chi connectivity index (χ4n) is 2.35. The first-order valence-corrected chi connectivity index (χ1v) is 8.60. The molecule has 0 aliphatic carbocycles. The highest BCUT2D eigenvalue weighted by atomic mass is 127. The molecule has 1 heterocycles. The maximum atomic E-state index is 4.51. The summed E-state index contributed by atoms with van der Waals surface area (Å²) in [4.78, 5) is 4.51. The van der Waals surface area contributed by atoms with Crippen LogP contribution >= 0.6 is 38.5 Å². The Morgan fingerprint density at radius 1 is 1.30 bits per heavy atom. The number of hydrogen-bond acceptors (Lipinski definition) is 2. The molecule has 0 aliphatic rings. The zero-order valence-corrected chi connectivity index (χ0v) is 15.3. The van der Waals surface area contributed by atoms with Crippen molar-refractivity contribution in [2.24, 2.45) is 0 Å². The van der Waals surface area contributed by atoms with Gasteiger partial charge in [-0.3, -0.25) is 4.98 Å². The lowest BCUT2D eigenvalue weighted by atomic mass is 9.91. The molecule has 0 spiro atoms. The van der Waals surface area contributed by atoms with Crippen molar-refractivity contribution < 1.29 is 0 Å². The molecule has 106 valence electrons. The number of rotatable bonds is 5. The van der Waals surface area contributed by atoms with Crippen LogP contribution in [0.3, 0.4) is 0 Å². The Balaban J connectivity index is 2.38. The van der Waals surface area contributed by atoms with Crippen LogP contribution in [-0.4, -0.2) is 11.5 Å². The fourth-order valence-corrected chi connectivity index (χ4v) is 3.39. The summed E-state index contributed by atoms with van der Waals surface area (Å²) in [5.41, 5.74) is 2.44. The predicted octanol–water partition coefficient (Wildman–Crippen LogP) is 4.90. The van der Waals surface area contributed by atoms with Gasteiger partial charge in [0.05, 0.1) is 0 Å². The van der Waals surface area contributed by atoms with Gasteiger partial charge < -0.3 is 5.32 Å². The van der Waals surface area contributed by atoms with Gasteiger partial charge in [-0.25, -0.2) is 0 Å². The summed E-state index contributed by atoms with van der Waals surface area (Å²) in [5.74, 6) is 0.318. The number of aromatic nitrogens is 1. The van der Waals surface area contributed by atoms with E-state index in [0.29, 0.717) is 5.92 Å². The second-order valence-electron chi connectivity index (χ2n) is 4.74. The molecule has 2 rings (SSSR count). The predicted molar refractivity (Wildman–Crippen MR) is 95.9 cm³/mol. The van der Waals surface area contributed by atoms with Crippen LogP contribution in [0.5, 0.6) is 0 Å². The van der Waals surface area contributed by atoms with Gasteiger partial charge in [-0.1, -0.05) is 35.8 Å². The van der Waals surface area contributed by atoms with Crippen LogP contribution in [0, 0.1) is 3.57 Å². The molecule has 20 heavy (non-hydrogen) atoms. The van der Waals surface area contributed by atoms with Crippen LogP contribution < -0.4 is 5.32 Å². The van der Waals surface area contributed by atoms with E-state index in [1.165, 1.54) is 9.13 Å². The van der Waals surface area contributed by atoms with Gasteiger partial charge >= 0.3 is 0 Å². The number of nitrogens with one attached hydrogen (secondary N) is 1. The van der Waals surface area contributed by atoms with E-state index in [0.717, 1.165) is 16.7 Å². The highest BCUT2D eigenvalue weighted by Crippen LogP contribution is 2.33. The van der Waals surface area contributed by atoms with E-state index in [1.54, 1.807) is 0 Å². The maximum absolute atomic E-state index is 4.51. The molecular weight excluding hydrogens is 427 g/mol. The lowest BCUT2D eigenvalue weighted by molar-refractivity contribution is 0.470. The quantitative estimate of drug-likeness (QED) is 0.663. The van der Waals surface area contributed by atoms with E-state index in [-0.39, 0.29) is 6.04 Å². The first-order chi connectivity index (χ1) is 9.63. The highest BCUT2D eigenvalue weighted by Gasteiger charge is 2.23. The van der Waals surface area contributed by atoms with Gasteiger partial charge in [0.15, 0.2) is 0 Å². The van der Waals surface area contributed by atoms with Crippen LogP contribution in [0.1, 0.15) is 37.1 Å². The van der Waals surface area contributed by atoms with Crippen molar-refractivity contribution in [2.45, 2.75) is 25.8 Å². The van der Waals surface area contributed by atoms with Crippen molar-refractivity contribution >= 4 is 38.5 Å². The van der Waals surface area contributed by atoms with Gasteiger partial charge in [-0.15, -0.1) is 0 Å². The molecule has 0 saturated heterocycles. The first kappa shape index (κ1) is 15.9. The molecule has 0 saturated carbocycles. The third kappa shape index (κ3) is 3.80. The molecule has 2 nitrogen and oxygen atoms in total. The molecule has 1 N–H and O–H groups in total. The van der Waals surface area contributed by atoms with E-state index >= 15 is 0 Å². The SMILES string of the molecule is CCNC(c1cc(Br)ccc1I)C(C)c1ccccn1. The minimum absolute atomic E-state index is 0.263. The zero-order valence-electron chi connectivity index (χ0n) is 11.6. The van der Waals surface area contributed by atoms with Crippen LogP contribution in [0.25, 0.3) is 0 Å². The van der Waals surface area contributed by atoms with Gasteiger partial charge in [0, 0.05) is 31.9 Å². The van der Waals surface area contributed by atoms with Crippen molar-refractivity contribution in [3.8, 4) is 0 Å². The minimum atomic E-state index is 0.263. The number of nitrogens with zero attached hydrogens (tertiary/aromatic N) is 1. The van der Waals surface area contributed by atoms with Gasteiger partial charge in [-0.2, -0.15) is 0 Å². The van der Waals surface area contributed by atoms with Gasteiger partial charge in [-0.05, 0) is 65.0 Å². The average Bonchev–Trinajstić information content (AvgIpc) is 2.48. The number of likely N-dealkylation sites (N-methyl/N-ethyl adjacent to an activating group) is 1. The van der Waals surface area contributed by atoms with Crippen molar-refractivity contribution in [1.29, 1.82) is 0 Å². The Labute approximate surface area is 142 Å². The number of hydrogen-bond donors (Lipinski definition) is 1. The Kier molecular flexibility index (Phi) is 5.99. The Morgan fingerprint density at radius 2 is 2.10 bits per heavy atom. The topological polar surface area (TPSA) is 24.9 Å². The van der Waals surface area contributed by atoms with Crippen molar-refractivity contribution in [3.05, 3.63) is 61.9 Å². The molecule has 0 bridgehead atoms. The molecule has 2 atom stereocenters. The van der Waals surface area contributed by atoms with E-state index in [1.807, 2.05) is 18.3 Å². The summed E-state index contributed by atoms with van der Waals surface area (Å²) in [6, 6.07) is 12.8. The summed E-state index contributed by atoms with van der Waals surface area (Å²) in [6.45, 7) is 5.31. The van der Waals surface area contributed by atoms with Crippen molar-refractivity contribution in [3.63, 3.8) is 0 Å². The summed E-state index contributed by atoms with van der Waals surface area (Å²) >= 11 is 5.98. The molecule has 2 unspecified atom stereocenters. The first-order valence-electron chi connectivity index (χ1n) is 6.72. The van der Waals surface area contributed by atoms with E-state index in [2.05, 4.69) is 86.9 Å². The number of benzene rings is 1. The normalized spacial score (nSPS) is 14.0. The summed E-state index contributed by atoms with van der Waals surface area (Å²) in [5, 5.41) is 3.60. The summed E-state index contributed by atoms with van der Waals surface area (Å²) in [7, 11) is 0. The van der Waals surface area contributed by atoms with Crippen molar-refractivity contribution in [2.75, 3.05) is 6.54 Å². The number of halogens is 2. The standard InChI is InChI=1S/C16H18BrIN2/c1-3-19-16(11(2)15-6-4-5-9-20-15)13-10-12(17)7-8-14(13)18/h4-11,16,19H,3H2,1-2H3.